The van der Waals surface area contributed by atoms with Crippen molar-refractivity contribution < 1.29 is 17.6 Å². The number of hydrogen-bond donors (Lipinski definition) is 0. The zero-order valence-corrected chi connectivity index (χ0v) is 8.97. The number of thioether (sulfide) groups is 1. The molecule has 1 aromatic heterocycles. The van der Waals surface area contributed by atoms with Crippen LogP contribution in [0.4, 0.5) is 17.6 Å². The van der Waals surface area contributed by atoms with Gasteiger partial charge in [-0.3, -0.25) is 0 Å². The Morgan fingerprint density at radius 3 is 1.93 bits per heavy atom. The Bertz CT molecular complexity index is 341. The van der Waals surface area contributed by atoms with E-state index >= 15 is 0 Å². The molecular formula is C9H9F4NS. The van der Waals surface area contributed by atoms with Gasteiger partial charge in [0.25, 0.3) is 11.9 Å². The average molecular weight is 239 g/mol. The van der Waals surface area contributed by atoms with Gasteiger partial charge >= 0.3 is 0 Å². The van der Waals surface area contributed by atoms with E-state index in [0.717, 1.165) is 11.8 Å². The molecule has 0 saturated heterocycles. The molecule has 1 aromatic rings. The molecule has 0 aliphatic rings. The van der Waals surface area contributed by atoms with Crippen LogP contribution < -0.4 is 0 Å². The third kappa shape index (κ3) is 2.84. The maximum atomic E-state index is 13.0. The fourth-order valence-corrected chi connectivity index (χ4v) is 1.77. The molecule has 0 aliphatic carbocycles. The van der Waals surface area contributed by atoms with Gasteiger partial charge in [0, 0.05) is 5.75 Å². The van der Waals surface area contributed by atoms with Crippen molar-refractivity contribution in [2.75, 3.05) is 5.75 Å². The molecule has 1 heterocycles. The summed E-state index contributed by atoms with van der Waals surface area (Å²) >= 11 is 0.740. The van der Waals surface area contributed by atoms with Crippen molar-refractivity contribution in [1.29, 1.82) is 0 Å². The third-order valence-electron chi connectivity index (χ3n) is 1.52. The number of pyridine rings is 1. The largest absolute Gasteiger partial charge is 0.252 e. The second-order valence-corrected chi connectivity index (χ2v) is 4.39. The molecule has 0 aromatic carbocycles. The highest BCUT2D eigenvalue weighted by Crippen LogP contribution is 2.28. The normalized spacial score (nSPS) is 11.1. The Hall–Kier alpha value is -0.780. The summed E-state index contributed by atoms with van der Waals surface area (Å²) in [6.07, 6.45) is 0. The highest BCUT2D eigenvalue weighted by Gasteiger charge is 2.20. The van der Waals surface area contributed by atoms with E-state index in [0.29, 0.717) is 5.75 Å². The molecule has 1 rings (SSSR count). The van der Waals surface area contributed by atoms with Crippen LogP contribution in [0.3, 0.4) is 0 Å². The van der Waals surface area contributed by atoms with E-state index in [1.807, 2.05) is 13.8 Å². The number of rotatable bonds is 3. The molecule has 0 saturated carbocycles. The third-order valence-corrected chi connectivity index (χ3v) is 3.00. The lowest BCUT2D eigenvalue weighted by atomic mass is 10.3. The minimum Gasteiger partial charge on any atom is -0.201 e. The van der Waals surface area contributed by atoms with Crippen LogP contribution in [0.25, 0.3) is 0 Å². The summed E-state index contributed by atoms with van der Waals surface area (Å²) < 4.78 is 51.3. The molecule has 1 nitrogen and oxygen atoms in total. The molecule has 0 radical (unpaired) electrons. The molecule has 84 valence electrons. The first-order chi connectivity index (χ1) is 6.93. The molecule has 0 N–H and O–H groups in total. The summed E-state index contributed by atoms with van der Waals surface area (Å²) in [6, 6.07) is 0. The van der Waals surface area contributed by atoms with Gasteiger partial charge < -0.3 is 0 Å². The lowest BCUT2D eigenvalue weighted by Crippen LogP contribution is -2.03. The molecule has 0 spiro atoms. The molecule has 0 unspecified atom stereocenters. The summed E-state index contributed by atoms with van der Waals surface area (Å²) in [4.78, 5) is 1.82. The summed E-state index contributed by atoms with van der Waals surface area (Å²) in [5.41, 5.74) is 0. The minimum absolute atomic E-state index is 0.160. The van der Waals surface area contributed by atoms with E-state index < -0.39 is 28.4 Å². The van der Waals surface area contributed by atoms with Gasteiger partial charge in [-0.05, 0) is 5.92 Å². The first-order valence-electron chi connectivity index (χ1n) is 4.26. The van der Waals surface area contributed by atoms with Gasteiger partial charge in [0.1, 0.15) is 0 Å². The van der Waals surface area contributed by atoms with Crippen molar-refractivity contribution in [1.82, 2.24) is 4.98 Å². The predicted octanol–water partition coefficient (Wildman–Crippen LogP) is 3.39. The molecule has 0 fully saturated rings. The van der Waals surface area contributed by atoms with E-state index in [4.69, 9.17) is 0 Å². The van der Waals surface area contributed by atoms with Crippen LogP contribution in [0.15, 0.2) is 4.90 Å². The standard InChI is InChI=1S/C9H9F4NS/c1-4(2)3-15-7-5(10)8(12)14-9(13)6(7)11/h4H,3H2,1-2H3. The number of nitrogens with zero attached hydrogens (tertiary/aromatic N) is 1. The average Bonchev–Trinajstić information content (AvgIpc) is 2.14. The van der Waals surface area contributed by atoms with Crippen LogP contribution in [0.5, 0.6) is 0 Å². The van der Waals surface area contributed by atoms with Crippen LogP contribution in [-0.4, -0.2) is 10.7 Å². The van der Waals surface area contributed by atoms with Gasteiger partial charge in [-0.15, -0.1) is 11.8 Å². The van der Waals surface area contributed by atoms with E-state index in [2.05, 4.69) is 4.98 Å². The zero-order chi connectivity index (χ0) is 11.6. The van der Waals surface area contributed by atoms with Crippen molar-refractivity contribution in [2.24, 2.45) is 5.92 Å². The van der Waals surface area contributed by atoms with Gasteiger partial charge in [0.15, 0.2) is 11.6 Å². The lowest BCUT2D eigenvalue weighted by molar-refractivity contribution is 0.383. The topological polar surface area (TPSA) is 12.9 Å². The monoisotopic (exact) mass is 239 g/mol. The van der Waals surface area contributed by atoms with Crippen molar-refractivity contribution in [2.45, 2.75) is 18.7 Å². The molecule has 0 atom stereocenters. The highest BCUT2D eigenvalue weighted by atomic mass is 32.2. The summed E-state index contributed by atoms with van der Waals surface area (Å²) in [5.74, 6) is -5.55. The number of hydrogen-bond acceptors (Lipinski definition) is 2. The smallest absolute Gasteiger partial charge is 0.201 e. The van der Waals surface area contributed by atoms with E-state index in [1.165, 1.54) is 0 Å². The fraction of sp³-hybridized carbons (Fsp3) is 0.444. The lowest BCUT2D eigenvalue weighted by Gasteiger charge is -2.07. The van der Waals surface area contributed by atoms with Gasteiger partial charge in [-0.25, -0.2) is 8.78 Å². The van der Waals surface area contributed by atoms with Gasteiger partial charge in [-0.1, -0.05) is 13.8 Å². The first kappa shape index (κ1) is 12.3. The quantitative estimate of drug-likeness (QED) is 0.455. The van der Waals surface area contributed by atoms with Crippen molar-refractivity contribution in [3.05, 3.63) is 23.5 Å². The Morgan fingerprint density at radius 2 is 1.53 bits per heavy atom. The van der Waals surface area contributed by atoms with Gasteiger partial charge in [-0.2, -0.15) is 13.8 Å². The van der Waals surface area contributed by atoms with Crippen LogP contribution in [0.1, 0.15) is 13.8 Å². The second-order valence-electron chi connectivity index (χ2n) is 3.36. The van der Waals surface area contributed by atoms with E-state index in [-0.39, 0.29) is 5.92 Å². The minimum atomic E-state index is -1.61. The predicted molar refractivity (Wildman–Crippen MR) is 49.6 cm³/mol. The Morgan fingerprint density at radius 1 is 1.07 bits per heavy atom. The molecule has 6 heteroatoms. The fourth-order valence-electron chi connectivity index (χ4n) is 0.845. The van der Waals surface area contributed by atoms with Crippen LogP contribution in [0.2, 0.25) is 0 Å². The van der Waals surface area contributed by atoms with Crippen molar-refractivity contribution >= 4 is 11.8 Å². The van der Waals surface area contributed by atoms with Gasteiger partial charge in [0.2, 0.25) is 0 Å². The molecule has 15 heavy (non-hydrogen) atoms. The van der Waals surface area contributed by atoms with Gasteiger partial charge in [0.05, 0.1) is 4.90 Å². The maximum Gasteiger partial charge on any atom is 0.252 e. The Labute approximate surface area is 88.9 Å². The molecular weight excluding hydrogens is 230 g/mol. The van der Waals surface area contributed by atoms with Crippen molar-refractivity contribution in [3.8, 4) is 0 Å². The molecule has 0 aliphatic heterocycles. The second kappa shape index (κ2) is 4.83. The Balaban J connectivity index is 3.04. The van der Waals surface area contributed by atoms with Crippen LogP contribution >= 0.6 is 11.8 Å². The summed E-state index contributed by atoms with van der Waals surface area (Å²) in [6.45, 7) is 3.66. The molecule has 0 amide bonds. The van der Waals surface area contributed by atoms with Crippen LogP contribution in [-0.2, 0) is 0 Å². The SMILES string of the molecule is CC(C)CSc1c(F)c(F)nc(F)c1F. The van der Waals surface area contributed by atoms with Crippen LogP contribution in [0, 0.1) is 29.4 Å². The summed E-state index contributed by atoms with van der Waals surface area (Å²) in [7, 11) is 0. The highest BCUT2D eigenvalue weighted by molar-refractivity contribution is 7.99. The van der Waals surface area contributed by atoms with Crippen molar-refractivity contribution in [3.63, 3.8) is 0 Å². The maximum absolute atomic E-state index is 13.0. The number of halogens is 4. The Kier molecular flexibility index (Phi) is 3.96. The summed E-state index contributed by atoms with van der Waals surface area (Å²) in [5, 5.41) is 0. The molecule has 0 bridgehead atoms. The van der Waals surface area contributed by atoms with E-state index in [9.17, 15) is 17.6 Å². The number of aromatic nitrogens is 1. The first-order valence-corrected chi connectivity index (χ1v) is 5.24. The zero-order valence-electron chi connectivity index (χ0n) is 8.15. The van der Waals surface area contributed by atoms with E-state index in [1.54, 1.807) is 0 Å².